The molecule has 0 unspecified atom stereocenters. The van der Waals surface area contributed by atoms with Crippen LogP contribution in [0.2, 0.25) is 0 Å². The van der Waals surface area contributed by atoms with Crippen molar-refractivity contribution in [3.05, 3.63) is 35.9 Å². The van der Waals surface area contributed by atoms with Gasteiger partial charge >= 0.3 is 19.2 Å². The summed E-state index contributed by atoms with van der Waals surface area (Å²) in [6, 6.07) is 8.72. The van der Waals surface area contributed by atoms with E-state index in [9.17, 15) is 26.9 Å². The van der Waals surface area contributed by atoms with Crippen LogP contribution < -0.4 is 0 Å². The number of hydrogen-bond donors (Lipinski definition) is 0. The summed E-state index contributed by atoms with van der Waals surface area (Å²) in [6.07, 6.45) is 3.91. The highest BCUT2D eigenvalue weighted by Crippen LogP contribution is 2.06. The van der Waals surface area contributed by atoms with Gasteiger partial charge in [-0.3, -0.25) is 0 Å². The minimum absolute atomic E-state index is 0.0127. The first-order valence-corrected chi connectivity index (χ1v) is 8.61. The fourth-order valence-electron chi connectivity index (χ4n) is 1.15. The fraction of sp³-hybridized carbons (Fsp3) is 0.308. The quantitative estimate of drug-likeness (QED) is 0.152. The van der Waals surface area contributed by atoms with Gasteiger partial charge in [0, 0.05) is 23.4 Å². The lowest BCUT2D eigenvalue weighted by Crippen LogP contribution is -2.22. The average molecular weight is 369 g/mol. The van der Waals surface area contributed by atoms with Crippen molar-refractivity contribution in [2.24, 2.45) is 5.16 Å². The number of ether oxygens (including phenoxy) is 1. The van der Waals surface area contributed by atoms with Crippen LogP contribution in [0.3, 0.4) is 0 Å². The monoisotopic (exact) mass is 369 g/mol. The van der Waals surface area contributed by atoms with Crippen LogP contribution in [0.4, 0.5) is 17.3 Å². The van der Waals surface area contributed by atoms with E-state index in [1.807, 2.05) is 18.6 Å². The van der Waals surface area contributed by atoms with Crippen molar-refractivity contribution < 1.29 is 36.4 Å². The zero-order valence-corrected chi connectivity index (χ0v) is 14.0. The van der Waals surface area contributed by atoms with Gasteiger partial charge in [0.15, 0.2) is 5.71 Å². The Labute approximate surface area is 139 Å². The highest BCUT2D eigenvalue weighted by molar-refractivity contribution is 7.95. The van der Waals surface area contributed by atoms with Gasteiger partial charge in [-0.05, 0) is 0 Å². The number of rotatable bonds is 5. The van der Waals surface area contributed by atoms with Gasteiger partial charge in [0.2, 0.25) is 5.94 Å². The maximum Gasteiger partial charge on any atom is 0.673 e. The third kappa shape index (κ3) is 12.5. The number of hydrogen-bond acceptors (Lipinski definition) is 5. The van der Waals surface area contributed by atoms with Gasteiger partial charge < -0.3 is 26.8 Å². The number of benzene rings is 1. The van der Waals surface area contributed by atoms with Gasteiger partial charge in [0.1, 0.15) is 12.5 Å². The molecule has 0 fully saturated rings. The lowest BCUT2D eigenvalue weighted by Gasteiger charge is -2.05. The Kier molecular flexibility index (Phi) is 9.78. The zero-order valence-electron chi connectivity index (χ0n) is 13.2. The second-order valence-electron chi connectivity index (χ2n) is 4.42. The van der Waals surface area contributed by atoms with Crippen LogP contribution in [-0.2, 0) is 30.1 Å². The summed E-state index contributed by atoms with van der Waals surface area (Å²) in [5.74, 6) is -0.884. The maximum atomic E-state index is 11.9. The molecule has 0 aliphatic heterocycles. The number of esters is 1. The number of nitrogens with zero attached hydrogens (tertiary/aromatic N) is 1. The molecule has 0 bridgehead atoms. The molecule has 5 nitrogen and oxygen atoms in total. The maximum absolute atomic E-state index is 11.9. The highest BCUT2D eigenvalue weighted by Gasteiger charge is 2.21. The minimum atomic E-state index is -6.00. The van der Waals surface area contributed by atoms with Crippen molar-refractivity contribution in [3.8, 4) is 0 Å². The third-order valence-corrected chi connectivity index (χ3v) is 2.52. The summed E-state index contributed by atoms with van der Waals surface area (Å²) in [5.41, 5.74) is 0.530. The summed E-state index contributed by atoms with van der Waals surface area (Å²) in [4.78, 5) is 27.2. The first-order chi connectivity index (χ1) is 11.0. The average Bonchev–Trinajstić information content (AvgIpc) is 2.44. The second kappa shape index (κ2) is 10.7. The SMILES string of the molecule is CC(=O)ON=C(C(=O)OC[S+](C)C)c1ccccc1.F[B-](F)(F)F. The molecular weight excluding hydrogens is 353 g/mol. The van der Waals surface area contributed by atoms with E-state index >= 15 is 0 Å². The first kappa shape index (κ1) is 22.0. The Morgan fingerprint density at radius 2 is 1.62 bits per heavy atom. The normalized spacial score (nSPS) is 11.4. The van der Waals surface area contributed by atoms with Crippen molar-refractivity contribution in [1.29, 1.82) is 0 Å². The Bertz CT molecular complexity index is 561. The van der Waals surface area contributed by atoms with E-state index in [1.54, 1.807) is 24.3 Å². The molecule has 1 aromatic carbocycles. The summed E-state index contributed by atoms with van der Waals surface area (Å²) in [6.45, 7) is 1.22. The van der Waals surface area contributed by atoms with E-state index in [-0.39, 0.29) is 16.6 Å². The van der Waals surface area contributed by atoms with Crippen LogP contribution in [0.25, 0.3) is 0 Å². The lowest BCUT2D eigenvalue weighted by atomic mass is 10.1. The summed E-state index contributed by atoms with van der Waals surface area (Å²) >= 11 is 0. The molecule has 134 valence electrons. The molecule has 0 aromatic heterocycles. The van der Waals surface area contributed by atoms with Crippen molar-refractivity contribution in [3.63, 3.8) is 0 Å². The van der Waals surface area contributed by atoms with Gasteiger partial charge in [-0.2, -0.15) is 0 Å². The minimum Gasteiger partial charge on any atom is -0.418 e. The molecule has 0 radical (unpaired) electrons. The largest absolute Gasteiger partial charge is 0.673 e. The topological polar surface area (TPSA) is 65.0 Å². The predicted molar refractivity (Wildman–Crippen MR) is 85.1 cm³/mol. The molecule has 0 aliphatic carbocycles. The Morgan fingerprint density at radius 1 is 1.12 bits per heavy atom. The number of carbonyl (C=O) groups is 2. The Hall–Kier alpha value is -2.04. The molecule has 1 rings (SSSR count). The zero-order chi connectivity index (χ0) is 18.8. The number of carbonyl (C=O) groups excluding carboxylic acids is 2. The standard InChI is InChI=1S/C13H16NO4S.BF4/c1-10(15)18-14-12(11-7-5-4-6-8-11)13(16)17-9-19(2)3;2-1(3,4)5/h4-8H,9H2,1-3H3;/q+1;-1. The molecule has 0 saturated carbocycles. The van der Waals surface area contributed by atoms with Gasteiger partial charge in [0.05, 0.1) is 0 Å². The van der Waals surface area contributed by atoms with Crippen LogP contribution in [0.5, 0.6) is 0 Å². The van der Waals surface area contributed by atoms with Crippen LogP contribution in [-0.4, -0.2) is 43.4 Å². The fourth-order valence-corrected chi connectivity index (χ4v) is 1.50. The lowest BCUT2D eigenvalue weighted by molar-refractivity contribution is -0.141. The molecule has 0 atom stereocenters. The number of halogens is 4. The van der Waals surface area contributed by atoms with Crippen LogP contribution >= 0.6 is 0 Å². The first-order valence-electron chi connectivity index (χ1n) is 6.40. The van der Waals surface area contributed by atoms with E-state index in [2.05, 4.69) is 9.99 Å². The molecule has 0 saturated heterocycles. The van der Waals surface area contributed by atoms with Crippen molar-refractivity contribution >= 4 is 35.8 Å². The van der Waals surface area contributed by atoms with E-state index in [1.165, 1.54) is 6.92 Å². The molecule has 0 aliphatic rings. The van der Waals surface area contributed by atoms with Gasteiger partial charge in [-0.25, -0.2) is 9.59 Å². The summed E-state index contributed by atoms with van der Waals surface area (Å²) in [5, 5.41) is 3.57. The number of oxime groups is 1. The Balaban J connectivity index is 0.000000922. The van der Waals surface area contributed by atoms with E-state index in [0.717, 1.165) is 0 Å². The molecular formula is C13H16BF4NO4S. The molecule has 24 heavy (non-hydrogen) atoms. The smallest absolute Gasteiger partial charge is 0.418 e. The van der Waals surface area contributed by atoms with Crippen LogP contribution in [0, 0.1) is 0 Å². The van der Waals surface area contributed by atoms with Crippen molar-refractivity contribution in [1.82, 2.24) is 0 Å². The molecule has 1 aromatic rings. The second-order valence-corrected chi connectivity index (χ2v) is 6.63. The molecule has 0 spiro atoms. The van der Waals surface area contributed by atoms with E-state index in [0.29, 0.717) is 11.5 Å². The van der Waals surface area contributed by atoms with Crippen molar-refractivity contribution in [2.75, 3.05) is 18.5 Å². The van der Waals surface area contributed by atoms with Gasteiger partial charge in [-0.15, -0.1) is 0 Å². The molecule has 11 heteroatoms. The van der Waals surface area contributed by atoms with Crippen LogP contribution in [0.15, 0.2) is 35.5 Å². The summed E-state index contributed by atoms with van der Waals surface area (Å²) in [7, 11) is -6.03. The molecule has 0 N–H and O–H groups in total. The third-order valence-electron chi connectivity index (χ3n) is 1.93. The van der Waals surface area contributed by atoms with E-state index in [4.69, 9.17) is 4.74 Å². The molecule has 0 amide bonds. The van der Waals surface area contributed by atoms with Gasteiger partial charge in [-0.1, -0.05) is 35.5 Å². The van der Waals surface area contributed by atoms with E-state index < -0.39 is 19.2 Å². The highest BCUT2D eigenvalue weighted by atomic mass is 32.2. The molecule has 0 heterocycles. The van der Waals surface area contributed by atoms with Gasteiger partial charge in [0.25, 0.3) is 0 Å². The van der Waals surface area contributed by atoms with Crippen molar-refractivity contribution in [2.45, 2.75) is 6.92 Å². The van der Waals surface area contributed by atoms with Crippen LogP contribution in [0.1, 0.15) is 12.5 Å². The Morgan fingerprint density at radius 3 is 2.04 bits per heavy atom. The predicted octanol–water partition coefficient (Wildman–Crippen LogP) is 2.63. The summed E-state index contributed by atoms with van der Waals surface area (Å²) < 4.78 is 44.1.